The van der Waals surface area contributed by atoms with Gasteiger partial charge in [-0.3, -0.25) is 4.79 Å². The molecular weight excluding hydrogens is 214 g/mol. The summed E-state index contributed by atoms with van der Waals surface area (Å²) in [7, 11) is 0. The van der Waals surface area contributed by atoms with Crippen LogP contribution < -0.4 is 11.1 Å². The lowest BCUT2D eigenvalue weighted by molar-refractivity contribution is -0.118. The Bertz CT molecular complexity index is 383. The lowest BCUT2D eigenvalue weighted by Gasteiger charge is -2.10. The van der Waals surface area contributed by atoms with E-state index in [1.54, 1.807) is 0 Å². The van der Waals surface area contributed by atoms with Crippen LogP contribution in [0.3, 0.4) is 0 Å². The molecule has 0 aliphatic heterocycles. The summed E-state index contributed by atoms with van der Waals surface area (Å²) in [5, 5.41) is 12.2. The van der Waals surface area contributed by atoms with E-state index in [1.807, 2.05) is 30.3 Å². The quantitative estimate of drug-likeness (QED) is 0.691. The number of hydrogen-bond acceptors (Lipinski definition) is 3. The molecule has 0 saturated carbocycles. The third-order valence-electron chi connectivity index (χ3n) is 2.48. The van der Waals surface area contributed by atoms with Crippen molar-refractivity contribution in [1.82, 2.24) is 5.32 Å². The van der Waals surface area contributed by atoms with E-state index in [0.29, 0.717) is 25.9 Å². The Morgan fingerprint density at radius 1 is 1.41 bits per heavy atom. The van der Waals surface area contributed by atoms with Crippen molar-refractivity contribution in [2.24, 2.45) is 5.73 Å². The van der Waals surface area contributed by atoms with Gasteiger partial charge in [0.2, 0.25) is 5.91 Å². The van der Waals surface area contributed by atoms with E-state index < -0.39 is 0 Å². The first-order chi connectivity index (χ1) is 8.24. The van der Waals surface area contributed by atoms with Crippen molar-refractivity contribution in [2.75, 3.05) is 13.1 Å². The van der Waals surface area contributed by atoms with Gasteiger partial charge in [0.05, 0.1) is 12.0 Å². The smallest absolute Gasteiger partial charge is 0.217 e. The topological polar surface area (TPSA) is 78.9 Å². The minimum absolute atomic E-state index is 0.148. The van der Waals surface area contributed by atoms with Crippen LogP contribution in [0, 0.1) is 11.3 Å². The SMILES string of the molecule is N#CC(CNCCCC(N)=O)c1ccccc1. The minimum atomic E-state index is -0.285. The normalized spacial score (nSPS) is 11.7. The lowest BCUT2D eigenvalue weighted by atomic mass is 10.0. The molecule has 0 aliphatic carbocycles. The second kappa shape index (κ2) is 7.42. The van der Waals surface area contributed by atoms with Gasteiger partial charge in [-0.25, -0.2) is 0 Å². The zero-order chi connectivity index (χ0) is 12.5. The Kier molecular flexibility index (Phi) is 5.76. The molecule has 0 heterocycles. The number of nitrogens with two attached hydrogens (primary N) is 1. The van der Waals surface area contributed by atoms with Gasteiger partial charge < -0.3 is 11.1 Å². The van der Waals surface area contributed by atoms with Crippen molar-refractivity contribution in [3.8, 4) is 6.07 Å². The first-order valence-corrected chi connectivity index (χ1v) is 5.67. The predicted octanol–water partition coefficient (Wildman–Crippen LogP) is 1.15. The number of rotatable bonds is 7. The molecule has 1 amide bonds. The lowest BCUT2D eigenvalue weighted by Crippen LogP contribution is -2.23. The first kappa shape index (κ1) is 13.2. The predicted molar refractivity (Wildman–Crippen MR) is 66.1 cm³/mol. The number of hydrogen-bond donors (Lipinski definition) is 2. The summed E-state index contributed by atoms with van der Waals surface area (Å²) in [6.45, 7) is 1.30. The Hall–Kier alpha value is -1.86. The number of primary amides is 1. The van der Waals surface area contributed by atoms with Crippen LogP contribution in [0.2, 0.25) is 0 Å². The van der Waals surface area contributed by atoms with Gasteiger partial charge in [0.15, 0.2) is 0 Å². The molecule has 1 unspecified atom stereocenters. The minimum Gasteiger partial charge on any atom is -0.370 e. The third kappa shape index (κ3) is 5.14. The van der Waals surface area contributed by atoms with E-state index in [1.165, 1.54) is 0 Å². The number of nitrogens with one attached hydrogen (secondary N) is 1. The Balaban J connectivity index is 2.30. The van der Waals surface area contributed by atoms with Crippen molar-refractivity contribution in [2.45, 2.75) is 18.8 Å². The van der Waals surface area contributed by atoms with E-state index in [4.69, 9.17) is 11.0 Å². The molecule has 17 heavy (non-hydrogen) atoms. The number of benzene rings is 1. The summed E-state index contributed by atoms with van der Waals surface area (Å²) in [5.74, 6) is -0.434. The number of carbonyl (C=O) groups excluding carboxylic acids is 1. The Labute approximate surface area is 101 Å². The van der Waals surface area contributed by atoms with Crippen molar-refractivity contribution in [3.05, 3.63) is 35.9 Å². The van der Waals surface area contributed by atoms with E-state index >= 15 is 0 Å². The van der Waals surface area contributed by atoms with E-state index in [9.17, 15) is 4.79 Å². The van der Waals surface area contributed by atoms with E-state index in [2.05, 4.69) is 11.4 Å². The standard InChI is InChI=1S/C13H17N3O/c14-9-12(11-5-2-1-3-6-11)10-16-8-4-7-13(15)17/h1-3,5-6,12,16H,4,7-8,10H2,(H2,15,17). The van der Waals surface area contributed by atoms with Crippen molar-refractivity contribution >= 4 is 5.91 Å². The van der Waals surface area contributed by atoms with Gasteiger partial charge in [-0.2, -0.15) is 5.26 Å². The van der Waals surface area contributed by atoms with Gasteiger partial charge in [0.1, 0.15) is 0 Å². The first-order valence-electron chi connectivity index (χ1n) is 5.67. The Morgan fingerprint density at radius 2 is 2.12 bits per heavy atom. The number of nitrogens with zero attached hydrogens (tertiary/aromatic N) is 1. The van der Waals surface area contributed by atoms with E-state index in [-0.39, 0.29) is 11.8 Å². The third-order valence-corrected chi connectivity index (χ3v) is 2.48. The average molecular weight is 231 g/mol. The maximum Gasteiger partial charge on any atom is 0.217 e. The maximum absolute atomic E-state index is 10.5. The molecule has 0 aliphatic rings. The summed E-state index contributed by atoms with van der Waals surface area (Å²) in [5.41, 5.74) is 6.04. The van der Waals surface area contributed by atoms with Crippen LogP contribution in [0.1, 0.15) is 24.3 Å². The molecule has 3 N–H and O–H groups in total. The summed E-state index contributed by atoms with van der Waals surface area (Å²) < 4.78 is 0. The zero-order valence-corrected chi connectivity index (χ0v) is 9.73. The molecule has 1 aromatic rings. The van der Waals surface area contributed by atoms with Gasteiger partial charge in [-0.1, -0.05) is 30.3 Å². The molecule has 1 rings (SSSR count). The Morgan fingerprint density at radius 3 is 2.71 bits per heavy atom. The van der Waals surface area contributed by atoms with Crippen LogP contribution in [0.5, 0.6) is 0 Å². The second-order valence-electron chi connectivity index (χ2n) is 3.87. The van der Waals surface area contributed by atoms with Gasteiger partial charge in [0.25, 0.3) is 0 Å². The molecule has 4 nitrogen and oxygen atoms in total. The van der Waals surface area contributed by atoms with Crippen LogP contribution in [0.4, 0.5) is 0 Å². The molecule has 0 fully saturated rings. The molecule has 90 valence electrons. The van der Waals surface area contributed by atoms with Crippen LogP contribution in [-0.2, 0) is 4.79 Å². The monoisotopic (exact) mass is 231 g/mol. The number of amides is 1. The highest BCUT2D eigenvalue weighted by molar-refractivity contribution is 5.73. The van der Waals surface area contributed by atoms with Crippen LogP contribution >= 0.6 is 0 Å². The van der Waals surface area contributed by atoms with Gasteiger partial charge in [-0.15, -0.1) is 0 Å². The molecule has 0 radical (unpaired) electrons. The fourth-order valence-electron chi connectivity index (χ4n) is 1.56. The summed E-state index contributed by atoms with van der Waals surface area (Å²) >= 11 is 0. The van der Waals surface area contributed by atoms with Gasteiger partial charge in [0, 0.05) is 13.0 Å². The molecule has 0 spiro atoms. The zero-order valence-electron chi connectivity index (χ0n) is 9.73. The van der Waals surface area contributed by atoms with E-state index in [0.717, 1.165) is 5.56 Å². The maximum atomic E-state index is 10.5. The van der Waals surface area contributed by atoms with Gasteiger partial charge in [-0.05, 0) is 18.5 Å². The average Bonchev–Trinajstić information content (AvgIpc) is 2.34. The van der Waals surface area contributed by atoms with Gasteiger partial charge >= 0.3 is 0 Å². The summed E-state index contributed by atoms with van der Waals surface area (Å²) in [4.78, 5) is 10.5. The van der Waals surface area contributed by atoms with Crippen LogP contribution in [0.15, 0.2) is 30.3 Å². The summed E-state index contributed by atoms with van der Waals surface area (Å²) in [6.07, 6.45) is 1.10. The second-order valence-corrected chi connectivity index (χ2v) is 3.87. The largest absolute Gasteiger partial charge is 0.370 e. The number of carbonyl (C=O) groups is 1. The molecule has 4 heteroatoms. The highest BCUT2D eigenvalue weighted by Gasteiger charge is 2.08. The number of nitriles is 1. The highest BCUT2D eigenvalue weighted by atomic mass is 16.1. The highest BCUT2D eigenvalue weighted by Crippen LogP contribution is 2.12. The van der Waals surface area contributed by atoms with Crippen LogP contribution in [0.25, 0.3) is 0 Å². The van der Waals surface area contributed by atoms with Crippen molar-refractivity contribution < 1.29 is 4.79 Å². The molecule has 0 aromatic heterocycles. The fourth-order valence-corrected chi connectivity index (χ4v) is 1.56. The van der Waals surface area contributed by atoms with Crippen molar-refractivity contribution in [3.63, 3.8) is 0 Å². The molecule has 1 aromatic carbocycles. The molecule has 0 bridgehead atoms. The fraction of sp³-hybridized carbons (Fsp3) is 0.385. The van der Waals surface area contributed by atoms with Crippen LogP contribution in [-0.4, -0.2) is 19.0 Å². The molecule has 1 atom stereocenters. The molecule has 0 saturated heterocycles. The molecular formula is C13H17N3O. The summed E-state index contributed by atoms with van der Waals surface area (Å²) in [6, 6.07) is 11.9. The van der Waals surface area contributed by atoms with Crippen molar-refractivity contribution in [1.29, 1.82) is 5.26 Å².